The average Bonchev–Trinajstić information content (AvgIpc) is 3.12. The van der Waals surface area contributed by atoms with Gasteiger partial charge in [-0.3, -0.25) is 4.79 Å². The van der Waals surface area contributed by atoms with Crippen molar-refractivity contribution in [1.82, 2.24) is 0 Å². The first-order valence-corrected chi connectivity index (χ1v) is 13.2. The Kier molecular flexibility index (Phi) is 8.21. The van der Waals surface area contributed by atoms with Crippen molar-refractivity contribution >= 4 is 14.3 Å². The molecule has 3 nitrogen and oxygen atoms in total. The summed E-state index contributed by atoms with van der Waals surface area (Å²) in [4.78, 5) is 11.7. The van der Waals surface area contributed by atoms with Crippen LogP contribution in [0, 0.1) is 11.8 Å². The van der Waals surface area contributed by atoms with E-state index in [-0.39, 0.29) is 18.2 Å². The van der Waals surface area contributed by atoms with Crippen LogP contribution in [0.15, 0.2) is 12.2 Å². The van der Waals surface area contributed by atoms with Crippen molar-refractivity contribution in [2.75, 3.05) is 0 Å². The van der Waals surface area contributed by atoms with Gasteiger partial charge in [0.2, 0.25) is 0 Å². The summed E-state index contributed by atoms with van der Waals surface area (Å²) < 4.78 is 12.4. The third-order valence-electron chi connectivity index (χ3n) is 6.47. The number of carbonyl (C=O) groups excluding carboxylic acids is 1. The van der Waals surface area contributed by atoms with Crippen LogP contribution in [0.5, 0.6) is 0 Å². The van der Waals surface area contributed by atoms with E-state index in [1.54, 1.807) is 0 Å². The van der Waals surface area contributed by atoms with Gasteiger partial charge in [0, 0.05) is 18.3 Å². The number of unbranched alkanes of at least 4 members (excludes halogenated alkanes) is 4. The van der Waals surface area contributed by atoms with Crippen molar-refractivity contribution < 1.29 is 14.0 Å². The molecule has 4 atom stereocenters. The quantitative estimate of drug-likeness (QED) is 0.199. The third kappa shape index (κ3) is 5.19. The second-order valence-electron chi connectivity index (χ2n) is 7.89. The third-order valence-corrected chi connectivity index (χ3v) is 11.1. The van der Waals surface area contributed by atoms with Crippen molar-refractivity contribution in [2.24, 2.45) is 11.8 Å². The van der Waals surface area contributed by atoms with Crippen molar-refractivity contribution in [1.29, 1.82) is 0 Å². The van der Waals surface area contributed by atoms with Gasteiger partial charge in [-0.05, 0) is 31.0 Å². The number of esters is 1. The highest BCUT2D eigenvalue weighted by Crippen LogP contribution is 2.45. The molecule has 2 aliphatic rings. The molecule has 1 heterocycles. The molecule has 0 N–H and O–H groups in total. The number of ether oxygens (including phenoxy) is 1. The summed E-state index contributed by atoms with van der Waals surface area (Å²) in [6, 6.07) is 3.54. The molecule has 0 aromatic heterocycles. The normalized spacial score (nSPS) is 29.4. The Labute approximate surface area is 155 Å². The molecular formula is C21H38O3Si. The topological polar surface area (TPSA) is 35.5 Å². The fourth-order valence-corrected chi connectivity index (χ4v) is 7.45. The van der Waals surface area contributed by atoms with Crippen LogP contribution in [0.1, 0.15) is 72.6 Å². The highest BCUT2D eigenvalue weighted by atomic mass is 28.4. The molecule has 1 saturated heterocycles. The molecule has 0 aromatic carbocycles. The number of rotatable bonds is 11. The molecule has 0 radical (unpaired) electrons. The summed E-state index contributed by atoms with van der Waals surface area (Å²) in [5.74, 6) is 0.681. The minimum atomic E-state index is -1.63. The molecule has 144 valence electrons. The van der Waals surface area contributed by atoms with E-state index in [1.165, 1.54) is 43.8 Å². The summed E-state index contributed by atoms with van der Waals surface area (Å²) in [6.07, 6.45) is 12.9. The standard InChI is InChI=1S/C21H38O3Si/c1-5-9-10-11-12-13-14-17-18-15-21(22)23-19(18)16-20(17)24-25(6-2,7-3)8-4/h13-14,17-20H,5-12,15-16H2,1-4H3/b14-13+/t17-,18-,19+,20-/m1/s1. The van der Waals surface area contributed by atoms with Gasteiger partial charge in [-0.25, -0.2) is 0 Å². The lowest BCUT2D eigenvalue weighted by molar-refractivity contribution is -0.141. The predicted molar refractivity (Wildman–Crippen MR) is 106 cm³/mol. The van der Waals surface area contributed by atoms with Gasteiger partial charge in [0.1, 0.15) is 6.10 Å². The second-order valence-corrected chi connectivity index (χ2v) is 12.6. The lowest BCUT2D eigenvalue weighted by Crippen LogP contribution is -2.41. The zero-order chi connectivity index (χ0) is 18.3. The Morgan fingerprint density at radius 3 is 2.48 bits per heavy atom. The van der Waals surface area contributed by atoms with Crippen LogP contribution in [0.25, 0.3) is 0 Å². The minimum Gasteiger partial charge on any atom is -0.462 e. The maximum atomic E-state index is 11.7. The number of carbonyl (C=O) groups is 1. The Balaban J connectivity index is 2.01. The first-order chi connectivity index (χ1) is 12.1. The van der Waals surface area contributed by atoms with E-state index < -0.39 is 8.32 Å². The number of allylic oxidation sites excluding steroid dienone is 1. The molecular weight excluding hydrogens is 328 g/mol. The van der Waals surface area contributed by atoms with E-state index in [2.05, 4.69) is 39.8 Å². The SMILES string of the molecule is CCCCCC/C=C/[C@@H]1[C@H]2CC(=O)O[C@H]2C[C@H]1O[Si](CC)(CC)CC. The van der Waals surface area contributed by atoms with Gasteiger partial charge >= 0.3 is 5.97 Å². The van der Waals surface area contributed by atoms with Gasteiger partial charge in [0.25, 0.3) is 0 Å². The van der Waals surface area contributed by atoms with Crippen LogP contribution in [0.3, 0.4) is 0 Å². The van der Waals surface area contributed by atoms with Gasteiger partial charge in [0.15, 0.2) is 8.32 Å². The van der Waals surface area contributed by atoms with Crippen molar-refractivity contribution in [3.8, 4) is 0 Å². The largest absolute Gasteiger partial charge is 0.462 e. The van der Waals surface area contributed by atoms with E-state index in [1.807, 2.05) is 0 Å². The Bertz CT molecular complexity index is 436. The van der Waals surface area contributed by atoms with Gasteiger partial charge in [-0.2, -0.15) is 0 Å². The molecule has 0 unspecified atom stereocenters. The monoisotopic (exact) mass is 366 g/mol. The lowest BCUT2D eigenvalue weighted by atomic mass is 9.91. The molecule has 0 aromatic rings. The van der Waals surface area contributed by atoms with E-state index in [0.29, 0.717) is 18.3 Å². The van der Waals surface area contributed by atoms with Crippen molar-refractivity contribution in [2.45, 2.75) is 103 Å². The Morgan fingerprint density at radius 1 is 1.12 bits per heavy atom. The maximum absolute atomic E-state index is 11.7. The van der Waals surface area contributed by atoms with Crippen LogP contribution in [-0.4, -0.2) is 26.5 Å². The smallest absolute Gasteiger partial charge is 0.306 e. The van der Waals surface area contributed by atoms with E-state index in [0.717, 1.165) is 12.8 Å². The molecule has 0 bridgehead atoms. The summed E-state index contributed by atoms with van der Waals surface area (Å²) in [6.45, 7) is 9.10. The predicted octanol–water partition coefficient (Wildman–Crippen LogP) is 5.86. The van der Waals surface area contributed by atoms with Gasteiger partial charge in [0.05, 0.1) is 12.5 Å². The number of hydrogen-bond donors (Lipinski definition) is 0. The number of fused-ring (bicyclic) bond motifs is 1. The van der Waals surface area contributed by atoms with Crippen LogP contribution in [0.2, 0.25) is 18.1 Å². The summed E-state index contributed by atoms with van der Waals surface area (Å²) in [5.41, 5.74) is 0. The van der Waals surface area contributed by atoms with Crippen LogP contribution in [0.4, 0.5) is 0 Å². The van der Waals surface area contributed by atoms with Gasteiger partial charge in [-0.1, -0.05) is 59.1 Å². The van der Waals surface area contributed by atoms with Crippen LogP contribution < -0.4 is 0 Å². The second kappa shape index (κ2) is 9.91. The molecule has 0 spiro atoms. The highest BCUT2D eigenvalue weighted by Gasteiger charge is 2.51. The average molecular weight is 367 g/mol. The Hall–Kier alpha value is -0.613. The fourth-order valence-electron chi connectivity index (χ4n) is 4.55. The molecule has 1 aliphatic carbocycles. The lowest BCUT2D eigenvalue weighted by Gasteiger charge is -2.34. The van der Waals surface area contributed by atoms with Crippen molar-refractivity contribution in [3.63, 3.8) is 0 Å². The zero-order valence-electron chi connectivity index (χ0n) is 16.8. The fraction of sp³-hybridized carbons (Fsp3) is 0.857. The van der Waals surface area contributed by atoms with Crippen molar-refractivity contribution in [3.05, 3.63) is 12.2 Å². The van der Waals surface area contributed by atoms with E-state index in [4.69, 9.17) is 9.16 Å². The first kappa shape index (κ1) is 20.7. The Morgan fingerprint density at radius 2 is 1.84 bits per heavy atom. The molecule has 2 fully saturated rings. The van der Waals surface area contributed by atoms with E-state index in [9.17, 15) is 4.79 Å². The maximum Gasteiger partial charge on any atom is 0.306 e. The van der Waals surface area contributed by atoms with Gasteiger partial charge < -0.3 is 9.16 Å². The summed E-state index contributed by atoms with van der Waals surface area (Å²) in [7, 11) is -1.63. The van der Waals surface area contributed by atoms with Gasteiger partial charge in [-0.15, -0.1) is 0 Å². The molecule has 2 rings (SSSR count). The molecule has 0 amide bonds. The molecule has 1 aliphatic heterocycles. The first-order valence-electron chi connectivity index (χ1n) is 10.6. The molecule has 1 saturated carbocycles. The highest BCUT2D eigenvalue weighted by molar-refractivity contribution is 6.73. The van der Waals surface area contributed by atoms with Crippen LogP contribution in [-0.2, 0) is 14.0 Å². The van der Waals surface area contributed by atoms with Crippen LogP contribution >= 0.6 is 0 Å². The van der Waals surface area contributed by atoms with E-state index >= 15 is 0 Å². The number of hydrogen-bond acceptors (Lipinski definition) is 3. The summed E-state index contributed by atoms with van der Waals surface area (Å²) in [5, 5.41) is 0. The summed E-state index contributed by atoms with van der Waals surface area (Å²) >= 11 is 0. The molecule has 4 heteroatoms. The zero-order valence-corrected chi connectivity index (χ0v) is 17.8. The minimum absolute atomic E-state index is 0.0141. The molecule has 25 heavy (non-hydrogen) atoms.